The van der Waals surface area contributed by atoms with Gasteiger partial charge in [0.1, 0.15) is 6.61 Å². The number of rotatable bonds is 6. The van der Waals surface area contributed by atoms with E-state index in [1.807, 2.05) is 13.8 Å². The number of pyridine rings is 1. The first kappa shape index (κ1) is 13.6. The monoisotopic (exact) mass is 246 g/mol. The molecule has 0 aliphatic rings. The molecule has 1 rings (SSSR count). The molecule has 0 aliphatic carbocycles. The van der Waals surface area contributed by atoms with Crippen LogP contribution in [0.1, 0.15) is 13.8 Å². The van der Waals surface area contributed by atoms with E-state index in [2.05, 4.69) is 4.98 Å². The normalized spacial score (nSPS) is 10.9. The largest absolute Gasteiger partial charge is 0.473 e. The Balaban J connectivity index is 2.39. The van der Waals surface area contributed by atoms with Gasteiger partial charge in [-0.3, -0.25) is 0 Å². The Labute approximate surface area is 98.7 Å². The molecule has 4 nitrogen and oxygen atoms in total. The van der Waals surface area contributed by atoms with Crippen molar-refractivity contribution in [1.29, 1.82) is 0 Å². The summed E-state index contributed by atoms with van der Waals surface area (Å²) in [6.07, 6.45) is 0. The third-order valence-electron chi connectivity index (χ3n) is 1.84. The van der Waals surface area contributed by atoms with Crippen LogP contribution in [-0.4, -0.2) is 24.8 Å². The molecule has 0 atom stereocenters. The molecule has 0 unspecified atom stereocenters. The fourth-order valence-electron chi connectivity index (χ4n) is 1.08. The number of hydrogen-bond donors (Lipinski definition) is 1. The molecule has 0 bridgehead atoms. The van der Waals surface area contributed by atoms with Crippen LogP contribution in [0.3, 0.4) is 0 Å². The highest BCUT2D eigenvalue weighted by Gasteiger charge is 2.10. The molecule has 1 heterocycles. The van der Waals surface area contributed by atoms with Gasteiger partial charge in [-0.05, 0) is 5.92 Å². The minimum atomic E-state index is -0.897. The van der Waals surface area contributed by atoms with Gasteiger partial charge in [0.25, 0.3) is 5.88 Å². The number of ether oxygens (including phenoxy) is 2. The number of nitrogens with zero attached hydrogens (tertiary/aromatic N) is 1. The van der Waals surface area contributed by atoms with E-state index in [0.717, 1.165) is 0 Å². The van der Waals surface area contributed by atoms with Crippen LogP contribution >= 0.6 is 0 Å². The van der Waals surface area contributed by atoms with E-state index in [1.165, 1.54) is 0 Å². The summed E-state index contributed by atoms with van der Waals surface area (Å²) < 4.78 is 36.2. The van der Waals surface area contributed by atoms with Crippen LogP contribution in [0.5, 0.6) is 5.88 Å². The second kappa shape index (κ2) is 6.34. The molecule has 0 spiro atoms. The predicted octanol–water partition coefficient (Wildman–Crippen LogP) is 1.99. The van der Waals surface area contributed by atoms with Gasteiger partial charge in [0, 0.05) is 12.7 Å². The Kier molecular flexibility index (Phi) is 5.09. The molecule has 0 saturated heterocycles. The topological polar surface area (TPSA) is 57.4 Å². The van der Waals surface area contributed by atoms with Crippen LogP contribution in [0, 0.1) is 17.6 Å². The molecule has 6 heteroatoms. The van der Waals surface area contributed by atoms with Gasteiger partial charge in [0.15, 0.2) is 17.5 Å². The lowest BCUT2D eigenvalue weighted by Crippen LogP contribution is -2.12. The van der Waals surface area contributed by atoms with E-state index in [4.69, 9.17) is 15.2 Å². The van der Waals surface area contributed by atoms with Gasteiger partial charge in [0.05, 0.1) is 6.61 Å². The zero-order valence-corrected chi connectivity index (χ0v) is 9.87. The van der Waals surface area contributed by atoms with Crippen LogP contribution in [-0.2, 0) is 4.74 Å². The standard InChI is InChI=1S/C11H16F2N2O2/c1-7(2)6-16-3-4-17-11-9(13)5-8(12)10(14)15-11/h5,7H,3-4,6H2,1-2H3,(H2,14,15). The minimum absolute atomic E-state index is 0.141. The van der Waals surface area contributed by atoms with Crippen molar-refractivity contribution in [3.63, 3.8) is 0 Å². The lowest BCUT2D eigenvalue weighted by atomic mass is 10.2. The zero-order chi connectivity index (χ0) is 12.8. The summed E-state index contributed by atoms with van der Waals surface area (Å²) >= 11 is 0. The van der Waals surface area contributed by atoms with E-state index in [9.17, 15) is 8.78 Å². The molecule has 2 N–H and O–H groups in total. The maximum absolute atomic E-state index is 13.1. The maximum Gasteiger partial charge on any atom is 0.252 e. The number of halogens is 2. The van der Waals surface area contributed by atoms with Gasteiger partial charge in [-0.2, -0.15) is 4.98 Å². The van der Waals surface area contributed by atoms with Crippen molar-refractivity contribution >= 4 is 5.82 Å². The van der Waals surface area contributed by atoms with Crippen LogP contribution in [0.15, 0.2) is 6.07 Å². The Morgan fingerprint density at radius 3 is 2.65 bits per heavy atom. The quantitative estimate of drug-likeness (QED) is 0.780. The number of nitrogen functional groups attached to an aromatic ring is 1. The zero-order valence-electron chi connectivity index (χ0n) is 9.87. The van der Waals surface area contributed by atoms with E-state index in [1.54, 1.807) is 0 Å². The fraction of sp³-hybridized carbons (Fsp3) is 0.545. The average molecular weight is 246 g/mol. The van der Waals surface area contributed by atoms with E-state index in [-0.39, 0.29) is 18.3 Å². The van der Waals surface area contributed by atoms with Crippen molar-refractivity contribution in [3.05, 3.63) is 17.7 Å². The third-order valence-corrected chi connectivity index (χ3v) is 1.84. The van der Waals surface area contributed by atoms with Crippen molar-refractivity contribution in [2.75, 3.05) is 25.6 Å². The predicted molar refractivity (Wildman–Crippen MR) is 59.7 cm³/mol. The van der Waals surface area contributed by atoms with Crippen molar-refractivity contribution in [3.8, 4) is 5.88 Å². The minimum Gasteiger partial charge on any atom is -0.473 e. The molecule has 17 heavy (non-hydrogen) atoms. The first-order chi connectivity index (χ1) is 8.00. The highest BCUT2D eigenvalue weighted by molar-refractivity contribution is 5.34. The van der Waals surface area contributed by atoms with Gasteiger partial charge < -0.3 is 15.2 Å². The number of nitrogens with two attached hydrogens (primary N) is 1. The van der Waals surface area contributed by atoms with Gasteiger partial charge in [0.2, 0.25) is 0 Å². The van der Waals surface area contributed by atoms with Crippen LogP contribution in [0.4, 0.5) is 14.6 Å². The highest BCUT2D eigenvalue weighted by Crippen LogP contribution is 2.18. The van der Waals surface area contributed by atoms with Crippen molar-refractivity contribution in [2.24, 2.45) is 5.92 Å². The summed E-state index contributed by atoms with van der Waals surface area (Å²) in [6.45, 7) is 5.09. The third kappa shape index (κ3) is 4.52. The molecule has 1 aromatic rings. The molecular formula is C11H16F2N2O2. The summed E-state index contributed by atoms with van der Waals surface area (Å²) in [6, 6.07) is 0.645. The Bertz CT molecular complexity index is 373. The Morgan fingerprint density at radius 2 is 2.00 bits per heavy atom. The second-order valence-corrected chi connectivity index (χ2v) is 3.96. The average Bonchev–Trinajstić information content (AvgIpc) is 2.24. The van der Waals surface area contributed by atoms with Crippen LogP contribution < -0.4 is 10.5 Å². The smallest absolute Gasteiger partial charge is 0.252 e. The summed E-state index contributed by atoms with van der Waals surface area (Å²) in [4.78, 5) is 3.46. The van der Waals surface area contributed by atoms with Gasteiger partial charge in [-0.15, -0.1) is 0 Å². The lowest BCUT2D eigenvalue weighted by Gasteiger charge is -2.09. The molecule has 1 aromatic heterocycles. The van der Waals surface area contributed by atoms with Gasteiger partial charge in [-0.25, -0.2) is 8.78 Å². The van der Waals surface area contributed by atoms with Crippen LogP contribution in [0.2, 0.25) is 0 Å². The van der Waals surface area contributed by atoms with Crippen molar-refractivity contribution in [1.82, 2.24) is 4.98 Å². The molecule has 0 radical (unpaired) electrons. The van der Waals surface area contributed by atoms with Gasteiger partial charge in [-0.1, -0.05) is 13.8 Å². The van der Waals surface area contributed by atoms with Crippen molar-refractivity contribution in [2.45, 2.75) is 13.8 Å². The fourth-order valence-corrected chi connectivity index (χ4v) is 1.08. The van der Waals surface area contributed by atoms with E-state index >= 15 is 0 Å². The summed E-state index contributed by atoms with van der Waals surface area (Å²) in [5.74, 6) is -2.04. The first-order valence-electron chi connectivity index (χ1n) is 5.32. The number of hydrogen-bond acceptors (Lipinski definition) is 4. The lowest BCUT2D eigenvalue weighted by molar-refractivity contribution is 0.0793. The summed E-state index contributed by atoms with van der Waals surface area (Å²) in [5.41, 5.74) is 5.20. The maximum atomic E-state index is 13.1. The molecule has 0 aromatic carbocycles. The molecule has 0 fully saturated rings. The molecule has 0 aliphatic heterocycles. The first-order valence-corrected chi connectivity index (χ1v) is 5.32. The van der Waals surface area contributed by atoms with Gasteiger partial charge >= 0.3 is 0 Å². The van der Waals surface area contributed by atoms with Crippen LogP contribution in [0.25, 0.3) is 0 Å². The summed E-state index contributed by atoms with van der Waals surface area (Å²) in [5, 5.41) is 0. The Morgan fingerprint density at radius 1 is 1.29 bits per heavy atom. The number of aromatic nitrogens is 1. The second-order valence-electron chi connectivity index (χ2n) is 3.96. The highest BCUT2D eigenvalue weighted by atomic mass is 19.1. The van der Waals surface area contributed by atoms with Crippen molar-refractivity contribution < 1.29 is 18.3 Å². The summed E-state index contributed by atoms with van der Waals surface area (Å²) in [7, 11) is 0. The van der Waals surface area contributed by atoms with E-state index in [0.29, 0.717) is 25.2 Å². The molecule has 0 amide bonds. The van der Waals surface area contributed by atoms with E-state index < -0.39 is 11.6 Å². The molecule has 96 valence electrons. The molecule has 0 saturated carbocycles. The Hall–Kier alpha value is -1.43. The number of anilines is 1. The molecular weight excluding hydrogens is 230 g/mol. The SMILES string of the molecule is CC(C)COCCOc1nc(N)c(F)cc1F.